The van der Waals surface area contributed by atoms with Gasteiger partial charge in [-0.2, -0.15) is 0 Å². The lowest BCUT2D eigenvalue weighted by molar-refractivity contribution is -0.142. The molecule has 0 aliphatic rings. The van der Waals surface area contributed by atoms with Gasteiger partial charge in [0, 0.05) is 11.8 Å². The van der Waals surface area contributed by atoms with Crippen LogP contribution in [-0.2, 0) is 16.0 Å². The van der Waals surface area contributed by atoms with E-state index < -0.39 is 0 Å². The molecule has 14 heavy (non-hydrogen) atoms. The Balaban J connectivity index is 2.80. The van der Waals surface area contributed by atoms with Gasteiger partial charge in [0.25, 0.3) is 0 Å². The number of pyridine rings is 1. The smallest absolute Gasteiger partial charge is 0.311 e. The first-order chi connectivity index (χ1) is 6.63. The zero-order chi connectivity index (χ0) is 10.6. The first-order valence-corrected chi connectivity index (χ1v) is 4.48. The van der Waals surface area contributed by atoms with Crippen molar-refractivity contribution in [3.05, 3.63) is 33.7 Å². The van der Waals surface area contributed by atoms with E-state index in [9.17, 15) is 9.59 Å². The van der Waals surface area contributed by atoms with E-state index in [-0.39, 0.29) is 17.9 Å². The van der Waals surface area contributed by atoms with Gasteiger partial charge in [-0.1, -0.05) is 6.07 Å². The van der Waals surface area contributed by atoms with Crippen LogP contribution in [0.25, 0.3) is 0 Å². The van der Waals surface area contributed by atoms with Crippen LogP contribution in [0.4, 0.5) is 0 Å². The summed E-state index contributed by atoms with van der Waals surface area (Å²) in [5, 5.41) is 0. The minimum atomic E-state index is -0.322. The van der Waals surface area contributed by atoms with Crippen LogP contribution in [0.3, 0.4) is 0 Å². The fraction of sp³-hybridized carbons (Fsp3) is 0.400. The van der Waals surface area contributed by atoms with Crippen LogP contribution in [-0.4, -0.2) is 17.6 Å². The van der Waals surface area contributed by atoms with E-state index in [1.54, 1.807) is 13.0 Å². The molecule has 0 atom stereocenters. The van der Waals surface area contributed by atoms with Crippen LogP contribution in [0, 0.1) is 6.92 Å². The lowest BCUT2D eigenvalue weighted by atomic mass is 10.2. The molecule has 0 fully saturated rings. The molecule has 0 saturated carbocycles. The molecule has 1 N–H and O–H groups in total. The van der Waals surface area contributed by atoms with E-state index in [1.807, 2.05) is 6.92 Å². The normalized spacial score (nSPS) is 9.86. The predicted octanol–water partition coefficient (Wildman–Crippen LogP) is 0.789. The van der Waals surface area contributed by atoms with Crippen molar-refractivity contribution in [3.8, 4) is 0 Å². The van der Waals surface area contributed by atoms with Crippen molar-refractivity contribution in [1.82, 2.24) is 4.98 Å². The molecule has 0 aliphatic carbocycles. The van der Waals surface area contributed by atoms with E-state index in [4.69, 9.17) is 4.74 Å². The molecule has 0 unspecified atom stereocenters. The Kier molecular flexibility index (Phi) is 3.45. The largest absolute Gasteiger partial charge is 0.466 e. The van der Waals surface area contributed by atoms with Gasteiger partial charge in [-0.05, 0) is 19.4 Å². The molecule has 76 valence electrons. The Morgan fingerprint density at radius 1 is 1.50 bits per heavy atom. The highest BCUT2D eigenvalue weighted by Gasteiger charge is 2.06. The van der Waals surface area contributed by atoms with Crippen molar-refractivity contribution in [3.63, 3.8) is 0 Å². The molecule has 1 heterocycles. The average Bonchev–Trinajstić information content (AvgIpc) is 2.12. The first kappa shape index (κ1) is 10.5. The van der Waals surface area contributed by atoms with Gasteiger partial charge in [0.2, 0.25) is 5.56 Å². The number of ether oxygens (including phenoxy) is 1. The van der Waals surface area contributed by atoms with Gasteiger partial charge in [-0.15, -0.1) is 0 Å². The van der Waals surface area contributed by atoms with Crippen molar-refractivity contribution >= 4 is 5.97 Å². The summed E-state index contributed by atoms with van der Waals surface area (Å²) in [5.74, 6) is -0.322. The molecule has 4 nitrogen and oxygen atoms in total. The highest BCUT2D eigenvalue weighted by Crippen LogP contribution is 2.02. The number of aryl methyl sites for hydroxylation is 1. The molecule has 1 aromatic rings. The number of carbonyl (C=O) groups is 1. The summed E-state index contributed by atoms with van der Waals surface area (Å²) >= 11 is 0. The molecule has 0 saturated heterocycles. The third-order valence-corrected chi connectivity index (χ3v) is 1.86. The summed E-state index contributed by atoms with van der Waals surface area (Å²) in [5.41, 5.74) is 1.31. The monoisotopic (exact) mass is 195 g/mol. The molecule has 1 rings (SSSR count). The average molecular weight is 195 g/mol. The molecule has 0 spiro atoms. The number of aromatic nitrogens is 1. The quantitative estimate of drug-likeness (QED) is 0.725. The minimum Gasteiger partial charge on any atom is -0.466 e. The lowest BCUT2D eigenvalue weighted by Crippen LogP contribution is -2.14. The second-order valence-corrected chi connectivity index (χ2v) is 2.97. The highest BCUT2D eigenvalue weighted by molar-refractivity contribution is 5.72. The number of carbonyl (C=O) groups excluding carboxylic acids is 1. The molecule has 1 aromatic heterocycles. The minimum absolute atomic E-state index is 0.121. The maximum absolute atomic E-state index is 11.1. The third-order valence-electron chi connectivity index (χ3n) is 1.86. The van der Waals surface area contributed by atoms with Gasteiger partial charge in [0.05, 0.1) is 13.0 Å². The SMILES string of the molecule is CCOC(=O)Cc1[nH]c(=O)ccc1C. The maximum atomic E-state index is 11.1. The Labute approximate surface area is 81.9 Å². The van der Waals surface area contributed by atoms with Crippen LogP contribution in [0.2, 0.25) is 0 Å². The number of nitrogens with one attached hydrogen (secondary N) is 1. The van der Waals surface area contributed by atoms with Gasteiger partial charge in [-0.3, -0.25) is 9.59 Å². The second-order valence-electron chi connectivity index (χ2n) is 2.97. The predicted molar refractivity (Wildman–Crippen MR) is 52.1 cm³/mol. The van der Waals surface area contributed by atoms with Gasteiger partial charge in [-0.25, -0.2) is 0 Å². The van der Waals surface area contributed by atoms with Crippen molar-refractivity contribution < 1.29 is 9.53 Å². The second kappa shape index (κ2) is 4.60. The van der Waals surface area contributed by atoms with Gasteiger partial charge in [0.1, 0.15) is 0 Å². The van der Waals surface area contributed by atoms with Crippen LogP contribution >= 0.6 is 0 Å². The summed E-state index contributed by atoms with van der Waals surface area (Å²) in [6.07, 6.45) is 0.121. The van der Waals surface area contributed by atoms with Crippen molar-refractivity contribution in [2.45, 2.75) is 20.3 Å². The number of hydrogen-bond acceptors (Lipinski definition) is 3. The van der Waals surface area contributed by atoms with Crippen LogP contribution in [0.15, 0.2) is 16.9 Å². The number of aromatic amines is 1. The first-order valence-electron chi connectivity index (χ1n) is 4.48. The van der Waals surface area contributed by atoms with E-state index in [1.165, 1.54) is 6.07 Å². The molecular formula is C10H13NO3. The molecule has 0 amide bonds. The summed E-state index contributed by atoms with van der Waals surface area (Å²) in [6.45, 7) is 3.94. The molecule has 0 radical (unpaired) electrons. The number of hydrogen-bond donors (Lipinski definition) is 1. The van der Waals surface area contributed by atoms with Crippen LogP contribution in [0.5, 0.6) is 0 Å². The number of H-pyrrole nitrogens is 1. The lowest BCUT2D eigenvalue weighted by Gasteiger charge is -2.04. The van der Waals surface area contributed by atoms with Gasteiger partial charge >= 0.3 is 5.97 Å². The molecular weight excluding hydrogens is 182 g/mol. The highest BCUT2D eigenvalue weighted by atomic mass is 16.5. The van der Waals surface area contributed by atoms with E-state index >= 15 is 0 Å². The fourth-order valence-electron chi connectivity index (χ4n) is 1.13. The molecule has 4 heteroatoms. The molecule has 0 aliphatic heterocycles. The summed E-state index contributed by atoms with van der Waals surface area (Å²) in [7, 11) is 0. The molecule has 0 aromatic carbocycles. The number of rotatable bonds is 3. The fourth-order valence-corrected chi connectivity index (χ4v) is 1.13. The van der Waals surface area contributed by atoms with E-state index in [2.05, 4.69) is 4.98 Å². The Morgan fingerprint density at radius 3 is 2.86 bits per heavy atom. The van der Waals surface area contributed by atoms with E-state index in [0.29, 0.717) is 12.3 Å². The Hall–Kier alpha value is -1.58. The van der Waals surface area contributed by atoms with Crippen LogP contribution in [0.1, 0.15) is 18.2 Å². The topological polar surface area (TPSA) is 59.2 Å². The van der Waals surface area contributed by atoms with Crippen molar-refractivity contribution in [2.24, 2.45) is 0 Å². The van der Waals surface area contributed by atoms with Gasteiger partial charge < -0.3 is 9.72 Å². The summed E-state index contributed by atoms with van der Waals surface area (Å²) in [6, 6.07) is 3.12. The van der Waals surface area contributed by atoms with Crippen molar-refractivity contribution in [2.75, 3.05) is 6.61 Å². The number of esters is 1. The maximum Gasteiger partial charge on any atom is 0.311 e. The zero-order valence-corrected chi connectivity index (χ0v) is 8.29. The van der Waals surface area contributed by atoms with Gasteiger partial charge in [0.15, 0.2) is 0 Å². The van der Waals surface area contributed by atoms with Crippen molar-refractivity contribution in [1.29, 1.82) is 0 Å². The third kappa shape index (κ3) is 2.73. The zero-order valence-electron chi connectivity index (χ0n) is 8.29. The summed E-state index contributed by atoms with van der Waals surface area (Å²) < 4.78 is 4.78. The standard InChI is InChI=1S/C10H13NO3/c1-3-14-10(13)6-8-7(2)4-5-9(12)11-8/h4-5H,3,6H2,1-2H3,(H,11,12). The van der Waals surface area contributed by atoms with Crippen LogP contribution < -0.4 is 5.56 Å². The summed E-state index contributed by atoms with van der Waals surface area (Å²) in [4.78, 5) is 24.7. The molecule has 0 bridgehead atoms. The van der Waals surface area contributed by atoms with E-state index in [0.717, 1.165) is 5.56 Å². The Morgan fingerprint density at radius 2 is 2.21 bits per heavy atom. The Bertz CT molecular complexity index is 381.